The second-order valence-electron chi connectivity index (χ2n) is 16.7. The first-order valence-electron chi connectivity index (χ1n) is 20.9. The van der Waals surface area contributed by atoms with Crippen LogP contribution in [0.15, 0.2) is 176 Å². The minimum absolute atomic E-state index is 0. The molecule has 9 rings (SSSR count). The molecule has 0 amide bonds. The van der Waals surface area contributed by atoms with Crippen molar-refractivity contribution >= 4 is 22.8 Å². The van der Waals surface area contributed by atoms with Crippen molar-refractivity contribution < 1.29 is 21.1 Å². The summed E-state index contributed by atoms with van der Waals surface area (Å²) in [5, 5.41) is 4.79. The van der Waals surface area contributed by atoms with E-state index < -0.39 is 0 Å². The van der Waals surface area contributed by atoms with Crippen molar-refractivity contribution in [2.24, 2.45) is 0 Å². The van der Waals surface area contributed by atoms with Gasteiger partial charge in [0.2, 0.25) is 0 Å². The van der Waals surface area contributed by atoms with Crippen molar-refractivity contribution in [3.63, 3.8) is 0 Å². The van der Waals surface area contributed by atoms with Gasteiger partial charge in [-0.2, -0.15) is 0 Å². The first kappa shape index (κ1) is 42.1. The molecule has 0 fully saturated rings. The largest absolute Gasteiger partial charge is 2.00 e. The predicted molar refractivity (Wildman–Crippen MR) is 257 cm³/mol. The van der Waals surface area contributed by atoms with E-state index in [4.69, 9.17) is 15.3 Å². The van der Waals surface area contributed by atoms with Crippen molar-refractivity contribution in [3.8, 4) is 61.5 Å². The van der Waals surface area contributed by atoms with E-state index in [0.29, 0.717) is 0 Å². The number of benzene rings is 7. The van der Waals surface area contributed by atoms with E-state index in [0.717, 1.165) is 78.4 Å². The average Bonchev–Trinajstić information content (AvgIpc) is 3.66. The molecule has 0 aliphatic carbocycles. The maximum absolute atomic E-state index is 5.55. The molecule has 0 saturated carbocycles. The van der Waals surface area contributed by atoms with Gasteiger partial charge in [-0.3, -0.25) is 9.55 Å². The SMILES string of the molecule is C[N-]/C(=C\c1nc2c(-c3[c-]c(-c4cc(-c5c(C)cccc5C)ccn4)cc(C(C)(C)C)c3)cccc2n1-c1ccc(-c2ccccc2)cc1-c1ccccc1)c1ccccc1.[Pt+2]. The van der Waals surface area contributed by atoms with E-state index in [1.165, 1.54) is 27.8 Å². The fourth-order valence-corrected chi connectivity index (χ4v) is 8.37. The summed E-state index contributed by atoms with van der Waals surface area (Å²) in [6, 6.07) is 64.0. The van der Waals surface area contributed by atoms with Crippen LogP contribution in [0.5, 0.6) is 0 Å². The number of aryl methyl sites for hydroxylation is 2. The fraction of sp³-hybridized carbons (Fsp3) is 0.123. The van der Waals surface area contributed by atoms with Crippen LogP contribution in [-0.4, -0.2) is 21.6 Å². The fourth-order valence-electron chi connectivity index (χ4n) is 8.37. The summed E-state index contributed by atoms with van der Waals surface area (Å²) in [5.41, 5.74) is 19.1. The Labute approximate surface area is 380 Å². The maximum atomic E-state index is 5.55. The number of imidazole rings is 1. The van der Waals surface area contributed by atoms with Gasteiger partial charge in [-0.05, 0) is 94.1 Å². The molecule has 5 heteroatoms. The zero-order valence-electron chi connectivity index (χ0n) is 35.9. The third kappa shape index (κ3) is 8.36. The van der Waals surface area contributed by atoms with Crippen LogP contribution in [0.2, 0.25) is 0 Å². The molecule has 2 aromatic heterocycles. The smallest absolute Gasteiger partial charge is 0.686 e. The van der Waals surface area contributed by atoms with E-state index in [-0.39, 0.29) is 26.5 Å². The van der Waals surface area contributed by atoms with Crippen molar-refractivity contribution in [1.82, 2.24) is 14.5 Å². The average molecular weight is 984 g/mol. The summed E-state index contributed by atoms with van der Waals surface area (Å²) in [4.78, 5) is 10.5. The summed E-state index contributed by atoms with van der Waals surface area (Å²) < 4.78 is 2.30. The molecule has 0 aliphatic rings. The van der Waals surface area contributed by atoms with Crippen molar-refractivity contribution in [2.45, 2.75) is 40.0 Å². The Bertz CT molecular complexity index is 3030. The normalized spacial score (nSPS) is 11.7. The zero-order chi connectivity index (χ0) is 42.1. The topological polar surface area (TPSA) is 44.8 Å². The molecule has 9 aromatic rings. The number of hydrogen-bond donors (Lipinski definition) is 0. The molecule has 0 N–H and O–H groups in total. The molecule has 0 unspecified atom stereocenters. The van der Waals surface area contributed by atoms with E-state index >= 15 is 0 Å². The van der Waals surface area contributed by atoms with Gasteiger partial charge >= 0.3 is 21.1 Å². The van der Waals surface area contributed by atoms with Gasteiger partial charge in [0, 0.05) is 17.5 Å². The Kier molecular flexibility index (Phi) is 12.1. The number of nitrogens with zero attached hydrogens (tertiary/aromatic N) is 4. The Balaban J connectivity index is 0.00000529. The summed E-state index contributed by atoms with van der Waals surface area (Å²) in [6.07, 6.45) is 4.04. The zero-order valence-corrected chi connectivity index (χ0v) is 38.2. The quantitative estimate of drug-likeness (QED) is 0.135. The summed E-state index contributed by atoms with van der Waals surface area (Å²) in [6.45, 7) is 11.1. The molecule has 62 heavy (non-hydrogen) atoms. The molecule has 0 saturated heterocycles. The van der Waals surface area contributed by atoms with Crippen LogP contribution in [-0.2, 0) is 26.5 Å². The second-order valence-corrected chi connectivity index (χ2v) is 16.7. The molecular weight excluding hydrogens is 936 g/mol. The Morgan fingerprint density at radius 2 is 1.26 bits per heavy atom. The molecule has 306 valence electrons. The van der Waals surface area contributed by atoms with Crippen LogP contribution in [0.1, 0.15) is 48.8 Å². The third-order valence-electron chi connectivity index (χ3n) is 11.5. The molecule has 0 radical (unpaired) electrons. The Morgan fingerprint density at radius 3 is 1.94 bits per heavy atom. The summed E-state index contributed by atoms with van der Waals surface area (Å²) in [7, 11) is 1.85. The van der Waals surface area contributed by atoms with Gasteiger partial charge in [-0.1, -0.05) is 165 Å². The molecule has 0 atom stereocenters. The second kappa shape index (κ2) is 17.8. The van der Waals surface area contributed by atoms with Crippen molar-refractivity contribution in [2.75, 3.05) is 7.05 Å². The minimum atomic E-state index is -0.137. The first-order chi connectivity index (χ1) is 29.7. The van der Waals surface area contributed by atoms with Gasteiger partial charge in [0.1, 0.15) is 5.82 Å². The molecular formula is C57H48N4Pt. The van der Waals surface area contributed by atoms with E-state index in [1.807, 2.05) is 31.4 Å². The molecule has 0 aliphatic heterocycles. The number of aromatic nitrogens is 3. The predicted octanol–water partition coefficient (Wildman–Crippen LogP) is 15.0. The number of pyridine rings is 1. The van der Waals surface area contributed by atoms with E-state index in [9.17, 15) is 0 Å². The molecule has 0 bridgehead atoms. The number of fused-ring (bicyclic) bond motifs is 1. The summed E-state index contributed by atoms with van der Waals surface area (Å²) >= 11 is 0. The monoisotopic (exact) mass is 983 g/mol. The first-order valence-corrected chi connectivity index (χ1v) is 20.9. The van der Waals surface area contributed by atoms with Gasteiger partial charge in [0.05, 0.1) is 16.7 Å². The maximum Gasteiger partial charge on any atom is 2.00 e. The number of rotatable bonds is 9. The number of para-hydroxylation sites is 1. The van der Waals surface area contributed by atoms with Crippen LogP contribution in [0.25, 0.3) is 89.6 Å². The Hall–Kier alpha value is -6.61. The van der Waals surface area contributed by atoms with Gasteiger partial charge in [0.15, 0.2) is 0 Å². The van der Waals surface area contributed by atoms with Crippen molar-refractivity contribution in [1.29, 1.82) is 0 Å². The molecule has 0 spiro atoms. The van der Waals surface area contributed by atoms with Crippen LogP contribution in [0.4, 0.5) is 0 Å². The van der Waals surface area contributed by atoms with Gasteiger partial charge in [-0.25, -0.2) is 4.98 Å². The molecule has 7 aromatic carbocycles. The van der Waals surface area contributed by atoms with E-state index in [2.05, 4.69) is 203 Å². The van der Waals surface area contributed by atoms with Gasteiger partial charge in [-0.15, -0.1) is 42.1 Å². The standard InChI is InChI=1S/C57H48N4.Pt/c1-38-18-16-19-39(2)55(38)44-30-31-59-51(36-44)46-32-45(33-47(34-46)57(3,4)5)48-26-17-27-53-56(48)60-54(37-50(58-6)42-24-14-9-15-25-42)61(53)52-29-28-43(40-20-10-7-11-21-40)35-49(52)41-22-12-8-13-23-41;/h7-31,33-37H,1-6H3;/q-2;+2/b50-37-;. The van der Waals surface area contributed by atoms with Crippen molar-refractivity contribution in [3.05, 3.63) is 216 Å². The van der Waals surface area contributed by atoms with Crippen LogP contribution in [0.3, 0.4) is 0 Å². The van der Waals surface area contributed by atoms with Gasteiger partial charge < -0.3 is 5.32 Å². The molecule has 4 nitrogen and oxygen atoms in total. The summed E-state index contributed by atoms with van der Waals surface area (Å²) in [5.74, 6) is 0.784. The molecule has 2 heterocycles. The number of hydrogen-bond acceptors (Lipinski definition) is 2. The van der Waals surface area contributed by atoms with E-state index in [1.54, 1.807) is 0 Å². The van der Waals surface area contributed by atoms with Crippen LogP contribution < -0.4 is 0 Å². The third-order valence-corrected chi connectivity index (χ3v) is 11.5. The minimum Gasteiger partial charge on any atom is -0.686 e. The van der Waals surface area contributed by atoms with Crippen LogP contribution in [0, 0.1) is 19.9 Å². The van der Waals surface area contributed by atoms with Crippen LogP contribution >= 0.6 is 0 Å². The van der Waals surface area contributed by atoms with Gasteiger partial charge in [0.25, 0.3) is 0 Å². The Morgan fingerprint density at radius 1 is 0.613 bits per heavy atom.